The third-order valence-corrected chi connectivity index (χ3v) is 3.41. The van der Waals surface area contributed by atoms with Crippen LogP contribution in [0.1, 0.15) is 36.7 Å². The first-order valence-corrected chi connectivity index (χ1v) is 7.15. The molecule has 2 rings (SSSR count). The molecule has 0 spiro atoms. The minimum absolute atomic E-state index is 0.152. The van der Waals surface area contributed by atoms with Gasteiger partial charge in [-0.15, -0.1) is 0 Å². The highest BCUT2D eigenvalue weighted by Crippen LogP contribution is 2.25. The zero-order valence-corrected chi connectivity index (χ0v) is 13.3. The molecule has 0 aliphatic carbocycles. The van der Waals surface area contributed by atoms with Gasteiger partial charge >= 0.3 is 0 Å². The van der Waals surface area contributed by atoms with Crippen LogP contribution >= 0.6 is 0 Å². The Labute approximate surface area is 130 Å². The molecule has 0 aliphatic heterocycles. The molecule has 1 heterocycles. The monoisotopic (exact) mass is 296 g/mol. The molecule has 22 heavy (non-hydrogen) atoms. The van der Waals surface area contributed by atoms with Gasteiger partial charge in [-0.05, 0) is 18.6 Å². The maximum atomic E-state index is 12.1. The summed E-state index contributed by atoms with van der Waals surface area (Å²) in [5, 5.41) is 2.76. The van der Waals surface area contributed by atoms with Crippen molar-refractivity contribution in [3.05, 3.63) is 47.7 Å². The molecule has 1 N–H and O–H groups in total. The zero-order valence-electron chi connectivity index (χ0n) is 13.3. The van der Waals surface area contributed by atoms with Crippen molar-refractivity contribution in [3.8, 4) is 11.3 Å². The fourth-order valence-corrected chi connectivity index (χ4v) is 1.99. The van der Waals surface area contributed by atoms with E-state index in [0.717, 1.165) is 17.4 Å². The van der Waals surface area contributed by atoms with Crippen molar-refractivity contribution in [2.75, 3.05) is 5.32 Å². The van der Waals surface area contributed by atoms with Crippen LogP contribution in [0.15, 0.2) is 36.5 Å². The molecule has 4 heteroatoms. The van der Waals surface area contributed by atoms with Gasteiger partial charge < -0.3 is 5.32 Å². The van der Waals surface area contributed by atoms with Gasteiger partial charge in [-0.3, -0.25) is 14.6 Å². The molecule has 1 aromatic carbocycles. The van der Waals surface area contributed by atoms with E-state index in [9.17, 15) is 9.59 Å². The Balaban J connectivity index is 2.39. The van der Waals surface area contributed by atoms with E-state index < -0.39 is 5.41 Å². The molecule has 0 aliphatic rings. The second-order valence-electron chi connectivity index (χ2n) is 6.29. The number of carbonyl (C=O) groups excluding carboxylic acids is 2. The highest BCUT2D eigenvalue weighted by molar-refractivity contribution is 5.99. The molecule has 0 saturated heterocycles. The topological polar surface area (TPSA) is 59.1 Å². The summed E-state index contributed by atoms with van der Waals surface area (Å²) in [6.07, 6.45) is 2.27. The summed E-state index contributed by atoms with van der Waals surface area (Å²) in [6, 6.07) is 9.54. The Morgan fingerprint density at radius 1 is 1.23 bits per heavy atom. The molecule has 0 unspecified atom stereocenters. The summed E-state index contributed by atoms with van der Waals surface area (Å²) in [7, 11) is 0. The van der Waals surface area contributed by atoms with E-state index in [2.05, 4.69) is 10.3 Å². The molecule has 0 fully saturated rings. The molecular formula is C18H20N2O2. The van der Waals surface area contributed by atoms with Crippen LogP contribution in [-0.2, 0) is 4.79 Å². The summed E-state index contributed by atoms with van der Waals surface area (Å²) < 4.78 is 0. The molecule has 0 saturated carbocycles. The average Bonchev–Trinajstić information content (AvgIpc) is 2.47. The number of pyridine rings is 1. The van der Waals surface area contributed by atoms with Gasteiger partial charge in [0.2, 0.25) is 5.91 Å². The minimum atomic E-state index is -0.533. The summed E-state index contributed by atoms with van der Waals surface area (Å²) in [6.45, 7) is 7.45. The highest BCUT2D eigenvalue weighted by Gasteiger charge is 2.22. The van der Waals surface area contributed by atoms with Gasteiger partial charge in [0.05, 0.1) is 17.6 Å². The van der Waals surface area contributed by atoms with Crippen molar-refractivity contribution in [3.63, 3.8) is 0 Å². The third-order valence-electron chi connectivity index (χ3n) is 3.41. The summed E-state index contributed by atoms with van der Waals surface area (Å²) in [4.78, 5) is 27.8. The summed E-state index contributed by atoms with van der Waals surface area (Å²) in [5.41, 5.74) is 3.10. The Morgan fingerprint density at radius 2 is 1.91 bits per heavy atom. The van der Waals surface area contributed by atoms with Crippen molar-refractivity contribution in [1.82, 2.24) is 4.98 Å². The SMILES string of the molecule is Cc1ccccc1-c1cc(C=O)c(NC(=O)C(C)(C)C)cn1. The van der Waals surface area contributed by atoms with Crippen LogP contribution in [0.25, 0.3) is 11.3 Å². The van der Waals surface area contributed by atoms with Gasteiger partial charge in [0.25, 0.3) is 0 Å². The third kappa shape index (κ3) is 3.39. The largest absolute Gasteiger partial charge is 0.324 e. The maximum Gasteiger partial charge on any atom is 0.229 e. The van der Waals surface area contributed by atoms with Gasteiger partial charge in [0.15, 0.2) is 6.29 Å². The van der Waals surface area contributed by atoms with Crippen LogP contribution in [0, 0.1) is 12.3 Å². The maximum absolute atomic E-state index is 12.1. The van der Waals surface area contributed by atoms with Gasteiger partial charge in [0, 0.05) is 16.5 Å². The van der Waals surface area contributed by atoms with E-state index in [1.807, 2.05) is 52.0 Å². The predicted molar refractivity (Wildman–Crippen MR) is 87.9 cm³/mol. The first-order chi connectivity index (χ1) is 10.3. The molecule has 1 amide bonds. The van der Waals surface area contributed by atoms with Crippen LogP contribution in [0.5, 0.6) is 0 Å². The average molecular weight is 296 g/mol. The van der Waals surface area contributed by atoms with Crippen LogP contribution in [-0.4, -0.2) is 17.2 Å². The number of rotatable bonds is 3. The second-order valence-corrected chi connectivity index (χ2v) is 6.29. The van der Waals surface area contributed by atoms with E-state index in [1.165, 1.54) is 6.20 Å². The highest BCUT2D eigenvalue weighted by atomic mass is 16.2. The van der Waals surface area contributed by atoms with Crippen LogP contribution < -0.4 is 5.32 Å². The van der Waals surface area contributed by atoms with Crippen LogP contribution in [0.4, 0.5) is 5.69 Å². The van der Waals surface area contributed by atoms with Crippen molar-refractivity contribution in [2.24, 2.45) is 5.41 Å². The Bertz CT molecular complexity index is 715. The Hall–Kier alpha value is -2.49. The van der Waals surface area contributed by atoms with Crippen molar-refractivity contribution >= 4 is 17.9 Å². The predicted octanol–water partition coefficient (Wildman–Crippen LogP) is 3.85. The van der Waals surface area contributed by atoms with Crippen LogP contribution in [0.3, 0.4) is 0 Å². The fourth-order valence-electron chi connectivity index (χ4n) is 1.99. The van der Waals surface area contributed by atoms with E-state index in [-0.39, 0.29) is 5.91 Å². The van der Waals surface area contributed by atoms with Crippen molar-refractivity contribution in [1.29, 1.82) is 0 Å². The number of hydrogen-bond acceptors (Lipinski definition) is 3. The number of aryl methyl sites for hydroxylation is 1. The molecule has 0 atom stereocenters. The lowest BCUT2D eigenvalue weighted by atomic mass is 9.95. The number of nitrogens with one attached hydrogen (secondary N) is 1. The van der Waals surface area contributed by atoms with Gasteiger partial charge in [-0.1, -0.05) is 45.0 Å². The molecular weight excluding hydrogens is 276 g/mol. The van der Waals surface area contributed by atoms with E-state index in [0.29, 0.717) is 16.9 Å². The lowest BCUT2D eigenvalue weighted by Gasteiger charge is -2.18. The van der Waals surface area contributed by atoms with E-state index in [4.69, 9.17) is 0 Å². The molecule has 1 aromatic heterocycles. The van der Waals surface area contributed by atoms with Gasteiger partial charge in [-0.2, -0.15) is 0 Å². The number of aldehydes is 1. The first kappa shape index (κ1) is 15.9. The molecule has 0 radical (unpaired) electrons. The van der Waals surface area contributed by atoms with E-state index in [1.54, 1.807) is 6.07 Å². The zero-order chi connectivity index (χ0) is 16.3. The Kier molecular flexibility index (Phi) is 4.40. The standard InChI is InChI=1S/C18H20N2O2/c1-12-7-5-6-8-14(12)15-9-13(11-21)16(10-19-15)20-17(22)18(2,3)4/h5-11H,1-4H3,(H,20,22). The molecule has 4 nitrogen and oxygen atoms in total. The molecule has 114 valence electrons. The van der Waals surface area contributed by atoms with Gasteiger partial charge in [0.1, 0.15) is 0 Å². The van der Waals surface area contributed by atoms with Crippen molar-refractivity contribution in [2.45, 2.75) is 27.7 Å². The van der Waals surface area contributed by atoms with Crippen molar-refractivity contribution < 1.29 is 9.59 Å². The summed E-state index contributed by atoms with van der Waals surface area (Å²) >= 11 is 0. The normalized spacial score (nSPS) is 11.1. The lowest BCUT2D eigenvalue weighted by Crippen LogP contribution is -2.28. The number of carbonyl (C=O) groups is 2. The van der Waals surface area contributed by atoms with E-state index >= 15 is 0 Å². The number of aromatic nitrogens is 1. The number of nitrogens with zero attached hydrogens (tertiary/aromatic N) is 1. The number of hydrogen-bond donors (Lipinski definition) is 1. The van der Waals surface area contributed by atoms with Crippen LogP contribution in [0.2, 0.25) is 0 Å². The number of anilines is 1. The van der Waals surface area contributed by atoms with Gasteiger partial charge in [-0.25, -0.2) is 0 Å². The smallest absolute Gasteiger partial charge is 0.229 e. The molecule has 2 aromatic rings. The lowest BCUT2D eigenvalue weighted by molar-refractivity contribution is -0.123. The fraction of sp³-hybridized carbons (Fsp3) is 0.278. The first-order valence-electron chi connectivity index (χ1n) is 7.15. The quantitative estimate of drug-likeness (QED) is 0.875. The molecule has 0 bridgehead atoms. The number of amides is 1. The Morgan fingerprint density at radius 3 is 2.50 bits per heavy atom. The minimum Gasteiger partial charge on any atom is -0.324 e. The number of benzene rings is 1. The summed E-state index contributed by atoms with van der Waals surface area (Å²) in [5.74, 6) is -0.152. The second kappa shape index (κ2) is 6.10.